The second kappa shape index (κ2) is 8.97. The normalized spacial score (nSPS) is 17.9. The molecular weight excluding hydrogens is 358 g/mol. The first-order chi connectivity index (χ1) is 13.8. The smallest absolute Gasteiger partial charge is 0.251 e. The third-order valence-electron chi connectivity index (χ3n) is 4.88. The van der Waals surface area contributed by atoms with Crippen LogP contribution in [0, 0.1) is 0 Å². The zero-order valence-corrected chi connectivity index (χ0v) is 15.8. The molecule has 0 aromatic heterocycles. The van der Waals surface area contributed by atoms with E-state index in [4.69, 9.17) is 18.9 Å². The summed E-state index contributed by atoms with van der Waals surface area (Å²) in [4.78, 5) is 12.3. The predicted octanol–water partition coefficient (Wildman–Crippen LogP) is 2.99. The second-order valence-corrected chi connectivity index (χ2v) is 6.95. The molecule has 0 spiro atoms. The van der Waals surface area contributed by atoms with Crippen molar-refractivity contribution in [1.82, 2.24) is 5.32 Å². The summed E-state index contributed by atoms with van der Waals surface area (Å²) in [5.41, 5.74) is 1.72. The topological polar surface area (TPSA) is 66.0 Å². The molecule has 2 aliphatic heterocycles. The number of hydrogen-bond donors (Lipinski definition) is 1. The molecule has 1 atom stereocenters. The lowest BCUT2D eigenvalue weighted by Gasteiger charge is -2.18. The molecule has 2 aliphatic rings. The van der Waals surface area contributed by atoms with Crippen LogP contribution >= 0.6 is 0 Å². The Hall–Kier alpha value is -2.73. The molecule has 28 heavy (non-hydrogen) atoms. The lowest BCUT2D eigenvalue weighted by Crippen LogP contribution is -2.25. The molecule has 0 bridgehead atoms. The molecule has 2 heterocycles. The monoisotopic (exact) mass is 383 g/mol. The fraction of sp³-hybridized carbons (Fsp3) is 0.409. The average Bonchev–Trinajstić information content (AvgIpc) is 3.26. The molecule has 0 radical (unpaired) electrons. The van der Waals surface area contributed by atoms with Crippen molar-refractivity contribution in [2.24, 2.45) is 0 Å². The molecular formula is C22H25NO5. The van der Waals surface area contributed by atoms with Crippen molar-refractivity contribution in [3.05, 3.63) is 53.6 Å². The van der Waals surface area contributed by atoms with Gasteiger partial charge in [-0.05, 0) is 61.2 Å². The van der Waals surface area contributed by atoms with Gasteiger partial charge in [-0.25, -0.2) is 0 Å². The molecule has 1 amide bonds. The molecule has 148 valence electrons. The summed E-state index contributed by atoms with van der Waals surface area (Å²) >= 11 is 0. The summed E-state index contributed by atoms with van der Waals surface area (Å²) in [6.45, 7) is 3.08. The average molecular weight is 383 g/mol. The molecule has 6 heteroatoms. The van der Waals surface area contributed by atoms with E-state index in [9.17, 15) is 4.79 Å². The second-order valence-electron chi connectivity index (χ2n) is 6.95. The molecule has 0 unspecified atom stereocenters. The van der Waals surface area contributed by atoms with E-state index < -0.39 is 0 Å². The molecule has 2 aromatic rings. The van der Waals surface area contributed by atoms with E-state index in [2.05, 4.69) is 5.32 Å². The number of carbonyl (C=O) groups excluding carboxylic acids is 1. The third kappa shape index (κ3) is 4.75. The zero-order chi connectivity index (χ0) is 19.2. The van der Waals surface area contributed by atoms with Gasteiger partial charge in [0.05, 0.1) is 6.10 Å². The Morgan fingerprint density at radius 2 is 1.86 bits per heavy atom. The van der Waals surface area contributed by atoms with E-state index in [-0.39, 0.29) is 12.0 Å². The van der Waals surface area contributed by atoms with Crippen molar-refractivity contribution in [1.29, 1.82) is 0 Å². The van der Waals surface area contributed by atoms with Gasteiger partial charge in [-0.15, -0.1) is 0 Å². The highest BCUT2D eigenvalue weighted by Gasteiger charge is 2.16. The minimum atomic E-state index is -0.0942. The number of fused-ring (bicyclic) bond motifs is 1. The first kappa shape index (κ1) is 18.6. The maximum atomic E-state index is 12.3. The Morgan fingerprint density at radius 3 is 2.64 bits per heavy atom. The first-order valence-electron chi connectivity index (χ1n) is 9.79. The van der Waals surface area contributed by atoms with Gasteiger partial charge < -0.3 is 24.3 Å². The minimum absolute atomic E-state index is 0.0942. The number of amides is 1. The van der Waals surface area contributed by atoms with Crippen LogP contribution in [0.3, 0.4) is 0 Å². The number of carbonyl (C=O) groups is 1. The molecule has 1 saturated heterocycles. The van der Waals surface area contributed by atoms with Crippen LogP contribution in [0.2, 0.25) is 0 Å². The fourth-order valence-corrected chi connectivity index (χ4v) is 3.33. The molecule has 2 aromatic carbocycles. The molecule has 6 nitrogen and oxygen atoms in total. The number of ether oxygens (including phenoxy) is 4. The Morgan fingerprint density at radius 1 is 1.04 bits per heavy atom. The molecule has 0 saturated carbocycles. The van der Waals surface area contributed by atoms with Crippen LogP contribution < -0.4 is 19.5 Å². The summed E-state index contributed by atoms with van der Waals surface area (Å²) in [5.74, 6) is 2.21. The lowest BCUT2D eigenvalue weighted by atomic mass is 10.1. The van der Waals surface area contributed by atoms with Crippen molar-refractivity contribution in [3.63, 3.8) is 0 Å². The Labute approximate surface area is 164 Å². The van der Waals surface area contributed by atoms with Crippen molar-refractivity contribution >= 4 is 5.91 Å². The fourth-order valence-electron chi connectivity index (χ4n) is 3.33. The highest BCUT2D eigenvalue weighted by atomic mass is 16.6. The zero-order valence-electron chi connectivity index (χ0n) is 15.8. The van der Waals surface area contributed by atoms with Crippen LogP contribution in [0.4, 0.5) is 0 Å². The van der Waals surface area contributed by atoms with Gasteiger partial charge in [0.25, 0.3) is 5.91 Å². The van der Waals surface area contributed by atoms with Gasteiger partial charge >= 0.3 is 0 Å². The van der Waals surface area contributed by atoms with Crippen LogP contribution in [0.25, 0.3) is 0 Å². The summed E-state index contributed by atoms with van der Waals surface area (Å²) < 4.78 is 22.4. The van der Waals surface area contributed by atoms with Crippen LogP contribution in [0.15, 0.2) is 42.5 Å². The Balaban J connectivity index is 1.23. The minimum Gasteiger partial charge on any atom is -0.491 e. The number of benzene rings is 2. The number of hydrogen-bond acceptors (Lipinski definition) is 5. The lowest BCUT2D eigenvalue weighted by molar-refractivity contribution is 0.0679. The standard InChI is InChI=1S/C22H25NO5/c24-22(17-4-6-18(7-5-17)28-15-19-2-1-11-25-19)23-10-9-16-3-8-20-21(14-16)27-13-12-26-20/h3-8,14,19H,1-2,9-13,15H2,(H,23,24)/t19-/m1/s1. The van der Waals surface area contributed by atoms with Gasteiger partial charge in [-0.2, -0.15) is 0 Å². The Kier molecular flexibility index (Phi) is 5.97. The van der Waals surface area contributed by atoms with E-state index in [1.165, 1.54) is 0 Å². The van der Waals surface area contributed by atoms with E-state index in [0.29, 0.717) is 31.9 Å². The van der Waals surface area contributed by atoms with Gasteiger partial charge in [0.15, 0.2) is 11.5 Å². The summed E-state index contributed by atoms with van der Waals surface area (Å²) in [7, 11) is 0. The first-order valence-corrected chi connectivity index (χ1v) is 9.79. The van der Waals surface area contributed by atoms with Gasteiger partial charge in [-0.3, -0.25) is 4.79 Å². The summed E-state index contributed by atoms with van der Waals surface area (Å²) in [5, 5.41) is 2.95. The molecule has 1 fully saturated rings. The summed E-state index contributed by atoms with van der Waals surface area (Å²) in [6.07, 6.45) is 3.05. The van der Waals surface area contributed by atoms with E-state index in [1.807, 2.05) is 30.3 Å². The van der Waals surface area contributed by atoms with Crippen molar-refractivity contribution < 1.29 is 23.7 Å². The van der Waals surface area contributed by atoms with Gasteiger partial charge in [0.1, 0.15) is 25.6 Å². The van der Waals surface area contributed by atoms with E-state index in [1.54, 1.807) is 12.1 Å². The maximum absolute atomic E-state index is 12.3. The highest BCUT2D eigenvalue weighted by Crippen LogP contribution is 2.30. The quantitative estimate of drug-likeness (QED) is 0.796. The van der Waals surface area contributed by atoms with Crippen LogP contribution in [-0.2, 0) is 11.2 Å². The van der Waals surface area contributed by atoms with Gasteiger partial charge in [0.2, 0.25) is 0 Å². The Bertz CT molecular complexity index is 799. The molecule has 0 aliphatic carbocycles. The van der Waals surface area contributed by atoms with Crippen LogP contribution in [0.5, 0.6) is 17.2 Å². The summed E-state index contributed by atoms with van der Waals surface area (Å²) in [6, 6.07) is 13.1. The molecule has 4 rings (SSSR count). The van der Waals surface area contributed by atoms with Crippen molar-refractivity contribution in [3.8, 4) is 17.2 Å². The van der Waals surface area contributed by atoms with Crippen molar-refractivity contribution in [2.45, 2.75) is 25.4 Å². The van der Waals surface area contributed by atoms with Gasteiger partial charge in [-0.1, -0.05) is 6.07 Å². The number of rotatable bonds is 7. The number of nitrogens with one attached hydrogen (secondary N) is 1. The predicted molar refractivity (Wildman–Crippen MR) is 104 cm³/mol. The van der Waals surface area contributed by atoms with Crippen LogP contribution in [0.1, 0.15) is 28.8 Å². The largest absolute Gasteiger partial charge is 0.491 e. The highest BCUT2D eigenvalue weighted by molar-refractivity contribution is 5.94. The maximum Gasteiger partial charge on any atom is 0.251 e. The van der Waals surface area contributed by atoms with Crippen LogP contribution in [-0.4, -0.2) is 45.0 Å². The SMILES string of the molecule is O=C(NCCc1ccc2c(c1)OCCO2)c1ccc(OC[C@H]2CCCO2)cc1. The van der Waals surface area contributed by atoms with E-state index in [0.717, 1.165) is 48.7 Å². The molecule has 1 N–H and O–H groups in total. The third-order valence-corrected chi connectivity index (χ3v) is 4.88. The van der Waals surface area contributed by atoms with Crippen molar-refractivity contribution in [2.75, 3.05) is 33.0 Å². The van der Waals surface area contributed by atoms with Gasteiger partial charge in [0, 0.05) is 18.7 Å². The van der Waals surface area contributed by atoms with E-state index >= 15 is 0 Å².